The number of aromatic hydroxyl groups is 2. The lowest BCUT2D eigenvalue weighted by Gasteiger charge is -2.21. The number of ketones is 2. The van der Waals surface area contributed by atoms with Crippen molar-refractivity contribution in [2.24, 2.45) is 0 Å². The van der Waals surface area contributed by atoms with Crippen molar-refractivity contribution in [3.8, 4) is 11.5 Å². The van der Waals surface area contributed by atoms with Crippen LogP contribution >= 0.6 is 0 Å². The molecule has 5 nitrogen and oxygen atoms in total. The highest BCUT2D eigenvalue weighted by Crippen LogP contribution is 2.42. The smallest absolute Gasteiger partial charge is 0.220 e. The standard InChI is InChI=1S/C16H12O5/c1-8-6-11(13(18)7-12(8)17)16(21)14(19)9-4-2-3-5-10(9)15(16)20/h2-7,17-18,21H,1H3. The molecule has 5 heteroatoms. The van der Waals surface area contributed by atoms with E-state index < -0.39 is 22.9 Å². The number of phenols is 2. The molecule has 0 spiro atoms. The highest BCUT2D eigenvalue weighted by molar-refractivity contribution is 6.32. The molecule has 2 aromatic carbocycles. The fourth-order valence-corrected chi connectivity index (χ4v) is 2.59. The van der Waals surface area contributed by atoms with Gasteiger partial charge in [-0.25, -0.2) is 0 Å². The molecule has 0 radical (unpaired) electrons. The average molecular weight is 284 g/mol. The van der Waals surface area contributed by atoms with E-state index in [-0.39, 0.29) is 22.4 Å². The van der Waals surface area contributed by atoms with Gasteiger partial charge in [0.25, 0.3) is 0 Å². The summed E-state index contributed by atoms with van der Waals surface area (Å²) in [6.45, 7) is 1.54. The van der Waals surface area contributed by atoms with Crippen molar-refractivity contribution in [3.63, 3.8) is 0 Å². The van der Waals surface area contributed by atoms with Crippen LogP contribution < -0.4 is 0 Å². The van der Waals surface area contributed by atoms with Gasteiger partial charge in [0.1, 0.15) is 11.5 Å². The summed E-state index contributed by atoms with van der Waals surface area (Å²) in [5.74, 6) is -2.24. The van der Waals surface area contributed by atoms with E-state index in [0.717, 1.165) is 6.07 Å². The van der Waals surface area contributed by atoms with E-state index in [1.54, 1.807) is 19.1 Å². The topological polar surface area (TPSA) is 94.8 Å². The van der Waals surface area contributed by atoms with Gasteiger partial charge in [0.2, 0.25) is 17.2 Å². The Balaban J connectivity index is 2.27. The summed E-state index contributed by atoms with van der Waals surface area (Å²) in [5, 5.41) is 30.2. The van der Waals surface area contributed by atoms with Crippen molar-refractivity contribution in [1.29, 1.82) is 0 Å². The Bertz CT molecular complexity index is 756. The third-order valence-corrected chi connectivity index (χ3v) is 3.78. The Morgan fingerprint density at radius 3 is 1.95 bits per heavy atom. The summed E-state index contributed by atoms with van der Waals surface area (Å²) >= 11 is 0. The first-order valence-corrected chi connectivity index (χ1v) is 6.31. The molecule has 1 aliphatic carbocycles. The Labute approximate surface area is 120 Å². The molecule has 0 fully saturated rings. The maximum atomic E-state index is 12.4. The molecule has 0 saturated carbocycles. The van der Waals surface area contributed by atoms with Crippen LogP contribution in [0.3, 0.4) is 0 Å². The minimum atomic E-state index is -2.45. The summed E-state index contributed by atoms with van der Waals surface area (Å²) in [7, 11) is 0. The van der Waals surface area contributed by atoms with E-state index in [1.165, 1.54) is 18.2 Å². The van der Waals surface area contributed by atoms with Crippen LogP contribution in [0, 0.1) is 6.92 Å². The Morgan fingerprint density at radius 1 is 0.905 bits per heavy atom. The molecule has 2 aromatic rings. The van der Waals surface area contributed by atoms with Gasteiger partial charge in [-0.15, -0.1) is 0 Å². The monoisotopic (exact) mass is 284 g/mol. The van der Waals surface area contributed by atoms with Gasteiger partial charge in [-0.3, -0.25) is 9.59 Å². The van der Waals surface area contributed by atoms with Gasteiger partial charge < -0.3 is 15.3 Å². The largest absolute Gasteiger partial charge is 0.508 e. The molecule has 0 amide bonds. The van der Waals surface area contributed by atoms with Crippen LogP contribution in [0.1, 0.15) is 31.8 Å². The SMILES string of the molecule is Cc1cc(C2(O)C(=O)c3ccccc3C2=O)c(O)cc1O. The maximum absolute atomic E-state index is 12.4. The second kappa shape index (κ2) is 4.17. The number of carbonyl (C=O) groups is 2. The number of Topliss-reactive ketones (excluding diaryl/α,β-unsaturated/α-hetero) is 2. The predicted octanol–water partition coefficient (Wildman–Crippen LogP) is 1.67. The molecule has 3 N–H and O–H groups in total. The molecule has 0 unspecified atom stereocenters. The minimum absolute atomic E-state index is 0.120. The van der Waals surface area contributed by atoms with Crippen molar-refractivity contribution in [1.82, 2.24) is 0 Å². The van der Waals surface area contributed by atoms with E-state index in [2.05, 4.69) is 0 Å². The summed E-state index contributed by atoms with van der Waals surface area (Å²) in [6.07, 6.45) is 0. The summed E-state index contributed by atoms with van der Waals surface area (Å²) in [4.78, 5) is 24.9. The van der Waals surface area contributed by atoms with Crippen molar-refractivity contribution >= 4 is 11.6 Å². The number of hydrogen-bond acceptors (Lipinski definition) is 5. The van der Waals surface area contributed by atoms with Gasteiger partial charge in [-0.1, -0.05) is 24.3 Å². The lowest BCUT2D eigenvalue weighted by molar-refractivity contribution is 0.0312. The van der Waals surface area contributed by atoms with Gasteiger partial charge in [-0.2, -0.15) is 0 Å². The minimum Gasteiger partial charge on any atom is -0.508 e. The Hall–Kier alpha value is -2.66. The maximum Gasteiger partial charge on any atom is 0.220 e. The summed E-state index contributed by atoms with van der Waals surface area (Å²) in [6, 6.07) is 8.35. The summed E-state index contributed by atoms with van der Waals surface area (Å²) < 4.78 is 0. The normalized spacial score (nSPS) is 16.1. The fourth-order valence-electron chi connectivity index (χ4n) is 2.59. The number of phenolic OH excluding ortho intramolecular Hbond substituents is 2. The van der Waals surface area contributed by atoms with E-state index >= 15 is 0 Å². The van der Waals surface area contributed by atoms with E-state index in [4.69, 9.17) is 0 Å². The Morgan fingerprint density at radius 2 is 1.43 bits per heavy atom. The number of hydrogen-bond donors (Lipinski definition) is 3. The number of carbonyl (C=O) groups excluding carboxylic acids is 2. The molecule has 1 aliphatic rings. The van der Waals surface area contributed by atoms with E-state index in [1.807, 2.05) is 0 Å². The van der Waals surface area contributed by atoms with Gasteiger partial charge in [0.15, 0.2) is 0 Å². The number of aryl methyl sites for hydroxylation is 1. The molecule has 0 atom stereocenters. The third kappa shape index (κ3) is 1.61. The van der Waals surface area contributed by atoms with E-state index in [0.29, 0.717) is 5.56 Å². The van der Waals surface area contributed by atoms with Crippen LogP contribution in [-0.4, -0.2) is 26.9 Å². The Kier molecular flexibility index (Phi) is 2.64. The predicted molar refractivity (Wildman–Crippen MR) is 73.5 cm³/mol. The van der Waals surface area contributed by atoms with Gasteiger partial charge in [0, 0.05) is 22.8 Å². The second-order valence-corrected chi connectivity index (χ2v) is 5.07. The van der Waals surface area contributed by atoms with Crippen LogP contribution in [0.15, 0.2) is 36.4 Å². The van der Waals surface area contributed by atoms with Gasteiger partial charge in [-0.05, 0) is 18.6 Å². The lowest BCUT2D eigenvalue weighted by Crippen LogP contribution is -2.38. The van der Waals surface area contributed by atoms with E-state index in [9.17, 15) is 24.9 Å². The molecule has 0 saturated heterocycles. The van der Waals surface area contributed by atoms with Crippen molar-refractivity contribution in [2.75, 3.05) is 0 Å². The molecule has 0 heterocycles. The number of benzene rings is 2. The second-order valence-electron chi connectivity index (χ2n) is 5.07. The number of rotatable bonds is 1. The highest BCUT2D eigenvalue weighted by Gasteiger charge is 2.54. The van der Waals surface area contributed by atoms with Crippen molar-refractivity contribution < 1.29 is 24.9 Å². The molecule has 0 bridgehead atoms. The molecule has 106 valence electrons. The van der Waals surface area contributed by atoms with Gasteiger partial charge >= 0.3 is 0 Å². The zero-order chi connectivity index (χ0) is 15.4. The molecular weight excluding hydrogens is 272 g/mol. The molecule has 0 aromatic heterocycles. The number of fused-ring (bicyclic) bond motifs is 1. The van der Waals surface area contributed by atoms with Crippen LogP contribution in [0.5, 0.6) is 11.5 Å². The first kappa shape index (κ1) is 13.3. The third-order valence-electron chi connectivity index (χ3n) is 3.78. The van der Waals surface area contributed by atoms with Crippen LogP contribution in [-0.2, 0) is 5.60 Å². The lowest BCUT2D eigenvalue weighted by atomic mass is 9.87. The number of aliphatic hydroxyl groups is 1. The van der Waals surface area contributed by atoms with Crippen molar-refractivity contribution in [3.05, 3.63) is 58.7 Å². The van der Waals surface area contributed by atoms with Crippen LogP contribution in [0.2, 0.25) is 0 Å². The zero-order valence-electron chi connectivity index (χ0n) is 11.1. The fraction of sp³-hybridized carbons (Fsp3) is 0.125. The van der Waals surface area contributed by atoms with Gasteiger partial charge in [0.05, 0.1) is 0 Å². The molecule has 3 rings (SSSR count). The zero-order valence-corrected chi connectivity index (χ0v) is 11.1. The van der Waals surface area contributed by atoms with Crippen molar-refractivity contribution in [2.45, 2.75) is 12.5 Å². The molecular formula is C16H12O5. The molecule has 0 aliphatic heterocycles. The average Bonchev–Trinajstić information content (AvgIpc) is 2.66. The first-order chi connectivity index (χ1) is 9.87. The van der Waals surface area contributed by atoms with Crippen LogP contribution in [0.4, 0.5) is 0 Å². The molecule has 21 heavy (non-hydrogen) atoms. The highest BCUT2D eigenvalue weighted by atomic mass is 16.3. The van der Waals surface area contributed by atoms with Crippen LogP contribution in [0.25, 0.3) is 0 Å². The quantitative estimate of drug-likeness (QED) is 0.692. The summed E-state index contributed by atoms with van der Waals surface area (Å²) in [5.41, 5.74) is -2.09. The first-order valence-electron chi connectivity index (χ1n) is 6.31.